The van der Waals surface area contributed by atoms with Crippen LogP contribution in [0.1, 0.15) is 6.42 Å². The summed E-state index contributed by atoms with van der Waals surface area (Å²) in [6, 6.07) is 7.32. The Bertz CT molecular complexity index is 622. The van der Waals surface area contributed by atoms with Gasteiger partial charge in [-0.25, -0.2) is 4.98 Å². The van der Waals surface area contributed by atoms with E-state index < -0.39 is 0 Å². The molecule has 0 saturated heterocycles. The Labute approximate surface area is 136 Å². The lowest BCUT2D eigenvalue weighted by Gasteiger charge is -2.12. The highest BCUT2D eigenvalue weighted by Gasteiger charge is 2.07. The predicted octanol–water partition coefficient (Wildman–Crippen LogP) is 2.69. The third-order valence-corrected chi connectivity index (χ3v) is 3.13. The maximum Gasteiger partial charge on any atom is 0.224 e. The second-order valence-electron chi connectivity index (χ2n) is 4.73. The quantitative estimate of drug-likeness (QED) is 0.688. The maximum atomic E-state index is 5.35. The molecule has 0 aliphatic heterocycles. The molecule has 0 atom stereocenters. The molecule has 2 aromatic rings. The van der Waals surface area contributed by atoms with E-state index in [4.69, 9.17) is 14.2 Å². The van der Waals surface area contributed by atoms with Crippen molar-refractivity contribution in [3.8, 4) is 11.5 Å². The zero-order chi connectivity index (χ0) is 16.5. The SMILES string of the molecule is COCCCNc1nccc(Nc2cc(OC)ccc2OC)n1. The van der Waals surface area contributed by atoms with Gasteiger partial charge in [0.05, 0.1) is 19.9 Å². The fraction of sp³-hybridized carbons (Fsp3) is 0.375. The van der Waals surface area contributed by atoms with Crippen molar-refractivity contribution in [3.05, 3.63) is 30.5 Å². The molecule has 2 N–H and O–H groups in total. The Balaban J connectivity index is 2.08. The molecule has 1 heterocycles. The van der Waals surface area contributed by atoms with Crippen LogP contribution < -0.4 is 20.1 Å². The van der Waals surface area contributed by atoms with Crippen molar-refractivity contribution in [3.63, 3.8) is 0 Å². The van der Waals surface area contributed by atoms with Crippen LogP contribution in [0.4, 0.5) is 17.5 Å². The van der Waals surface area contributed by atoms with Crippen molar-refractivity contribution in [1.29, 1.82) is 0 Å². The highest BCUT2D eigenvalue weighted by atomic mass is 16.5. The van der Waals surface area contributed by atoms with Crippen LogP contribution in [0.2, 0.25) is 0 Å². The first-order valence-corrected chi connectivity index (χ1v) is 7.31. The van der Waals surface area contributed by atoms with Gasteiger partial charge in [-0.3, -0.25) is 0 Å². The number of rotatable bonds is 9. The van der Waals surface area contributed by atoms with Crippen LogP contribution in [0.5, 0.6) is 11.5 Å². The molecule has 0 aliphatic rings. The fourth-order valence-corrected chi connectivity index (χ4v) is 1.98. The van der Waals surface area contributed by atoms with Gasteiger partial charge in [0, 0.05) is 32.5 Å². The van der Waals surface area contributed by atoms with Gasteiger partial charge in [0.25, 0.3) is 0 Å². The van der Waals surface area contributed by atoms with Crippen molar-refractivity contribution >= 4 is 17.5 Å². The van der Waals surface area contributed by atoms with Crippen molar-refractivity contribution in [2.24, 2.45) is 0 Å². The number of hydrogen-bond acceptors (Lipinski definition) is 7. The zero-order valence-electron chi connectivity index (χ0n) is 13.6. The average Bonchev–Trinajstić information content (AvgIpc) is 2.59. The van der Waals surface area contributed by atoms with Gasteiger partial charge in [-0.15, -0.1) is 0 Å². The van der Waals surface area contributed by atoms with E-state index in [1.807, 2.05) is 18.2 Å². The smallest absolute Gasteiger partial charge is 0.224 e. The van der Waals surface area contributed by atoms with Gasteiger partial charge in [-0.2, -0.15) is 4.98 Å². The second kappa shape index (κ2) is 8.79. The molecule has 1 aromatic carbocycles. The van der Waals surface area contributed by atoms with Gasteiger partial charge in [-0.05, 0) is 24.6 Å². The zero-order valence-corrected chi connectivity index (χ0v) is 13.6. The summed E-state index contributed by atoms with van der Waals surface area (Å²) in [6.45, 7) is 1.45. The van der Waals surface area contributed by atoms with E-state index in [1.165, 1.54) is 0 Å². The van der Waals surface area contributed by atoms with Crippen LogP contribution in [0.3, 0.4) is 0 Å². The third kappa shape index (κ3) is 5.00. The molecule has 0 saturated carbocycles. The minimum absolute atomic E-state index is 0.563. The van der Waals surface area contributed by atoms with Crippen LogP contribution >= 0.6 is 0 Å². The van der Waals surface area contributed by atoms with E-state index in [0.717, 1.165) is 24.4 Å². The lowest BCUT2D eigenvalue weighted by Crippen LogP contribution is -2.08. The van der Waals surface area contributed by atoms with E-state index in [-0.39, 0.29) is 0 Å². The first kappa shape index (κ1) is 16.8. The molecule has 0 unspecified atom stereocenters. The average molecular weight is 318 g/mol. The normalized spacial score (nSPS) is 10.2. The Morgan fingerprint density at radius 2 is 1.96 bits per heavy atom. The van der Waals surface area contributed by atoms with Crippen molar-refractivity contribution < 1.29 is 14.2 Å². The van der Waals surface area contributed by atoms with Gasteiger partial charge in [0.2, 0.25) is 5.95 Å². The molecule has 0 bridgehead atoms. The number of hydrogen-bond donors (Lipinski definition) is 2. The monoisotopic (exact) mass is 318 g/mol. The molecular weight excluding hydrogens is 296 g/mol. The van der Waals surface area contributed by atoms with E-state index in [2.05, 4.69) is 20.6 Å². The second-order valence-corrected chi connectivity index (χ2v) is 4.73. The fourth-order valence-electron chi connectivity index (χ4n) is 1.98. The summed E-state index contributed by atoms with van der Waals surface area (Å²) >= 11 is 0. The maximum absolute atomic E-state index is 5.35. The van der Waals surface area contributed by atoms with Crippen molar-refractivity contribution in [2.75, 3.05) is 45.1 Å². The molecule has 124 valence electrons. The third-order valence-electron chi connectivity index (χ3n) is 3.13. The summed E-state index contributed by atoms with van der Waals surface area (Å²) in [5.74, 6) is 2.67. The van der Waals surface area contributed by atoms with Crippen molar-refractivity contribution in [2.45, 2.75) is 6.42 Å². The molecule has 0 radical (unpaired) electrons. The number of methoxy groups -OCH3 is 3. The number of nitrogens with zero attached hydrogens (tertiary/aromatic N) is 2. The van der Waals surface area contributed by atoms with E-state index in [9.17, 15) is 0 Å². The summed E-state index contributed by atoms with van der Waals surface area (Å²) in [5.41, 5.74) is 0.774. The summed E-state index contributed by atoms with van der Waals surface area (Å²) in [7, 11) is 4.93. The lowest BCUT2D eigenvalue weighted by molar-refractivity contribution is 0.197. The first-order valence-electron chi connectivity index (χ1n) is 7.31. The van der Waals surface area contributed by atoms with Gasteiger partial charge in [-0.1, -0.05) is 0 Å². The van der Waals surface area contributed by atoms with Crippen LogP contribution in [0.15, 0.2) is 30.5 Å². The lowest BCUT2D eigenvalue weighted by atomic mass is 10.2. The number of aromatic nitrogens is 2. The molecule has 23 heavy (non-hydrogen) atoms. The molecule has 2 rings (SSSR count). The minimum Gasteiger partial charge on any atom is -0.497 e. The van der Waals surface area contributed by atoms with E-state index >= 15 is 0 Å². The predicted molar refractivity (Wildman–Crippen MR) is 89.8 cm³/mol. The molecule has 0 spiro atoms. The first-order chi connectivity index (χ1) is 11.3. The largest absolute Gasteiger partial charge is 0.497 e. The van der Waals surface area contributed by atoms with Crippen LogP contribution in [-0.4, -0.2) is 44.4 Å². The van der Waals surface area contributed by atoms with E-state index in [1.54, 1.807) is 33.6 Å². The number of nitrogens with one attached hydrogen (secondary N) is 2. The Morgan fingerprint density at radius 1 is 1.09 bits per heavy atom. The summed E-state index contributed by atoms with van der Waals surface area (Å²) in [5, 5.41) is 6.38. The van der Waals surface area contributed by atoms with Gasteiger partial charge in [0.1, 0.15) is 17.3 Å². The summed E-state index contributed by atoms with van der Waals surface area (Å²) < 4.78 is 15.6. The van der Waals surface area contributed by atoms with Gasteiger partial charge < -0.3 is 24.8 Å². The molecule has 0 aliphatic carbocycles. The molecule has 0 fully saturated rings. The molecule has 7 nitrogen and oxygen atoms in total. The highest BCUT2D eigenvalue weighted by molar-refractivity contribution is 5.66. The summed E-state index contributed by atoms with van der Waals surface area (Å²) in [4.78, 5) is 8.62. The topological polar surface area (TPSA) is 77.5 Å². The molecule has 7 heteroatoms. The number of ether oxygens (including phenoxy) is 3. The molecule has 1 aromatic heterocycles. The van der Waals surface area contributed by atoms with Gasteiger partial charge in [0.15, 0.2) is 0 Å². The van der Waals surface area contributed by atoms with Gasteiger partial charge >= 0.3 is 0 Å². The standard InChI is InChI=1S/C16H22N4O3/c1-21-10-4-8-17-16-18-9-7-15(20-16)19-13-11-12(22-2)5-6-14(13)23-3/h5-7,9,11H,4,8,10H2,1-3H3,(H2,17,18,19,20). The van der Waals surface area contributed by atoms with Crippen LogP contribution in [0, 0.1) is 0 Å². The van der Waals surface area contributed by atoms with Crippen LogP contribution in [0.25, 0.3) is 0 Å². The Kier molecular flexibility index (Phi) is 6.43. The molecular formula is C16H22N4O3. The van der Waals surface area contributed by atoms with E-state index in [0.29, 0.717) is 24.1 Å². The minimum atomic E-state index is 0.563. The highest BCUT2D eigenvalue weighted by Crippen LogP contribution is 2.31. The Hall–Kier alpha value is -2.54. The number of benzene rings is 1. The Morgan fingerprint density at radius 3 is 2.70 bits per heavy atom. The molecule has 0 amide bonds. The van der Waals surface area contributed by atoms with Crippen molar-refractivity contribution in [1.82, 2.24) is 9.97 Å². The number of anilines is 3. The summed E-state index contributed by atoms with van der Waals surface area (Å²) in [6.07, 6.45) is 2.59. The van der Waals surface area contributed by atoms with Crippen LogP contribution in [-0.2, 0) is 4.74 Å².